The van der Waals surface area contributed by atoms with E-state index in [1.165, 1.54) is 11.4 Å². The minimum atomic E-state index is -3.05. The molecule has 1 aromatic carbocycles. The zero-order chi connectivity index (χ0) is 16.6. The van der Waals surface area contributed by atoms with Crippen LogP contribution in [0.3, 0.4) is 0 Å². The zero-order valence-electron chi connectivity index (χ0n) is 13.3. The van der Waals surface area contributed by atoms with Gasteiger partial charge in [0, 0.05) is 10.1 Å². The molecular formula is C14H23N2O2PS3. The van der Waals surface area contributed by atoms with Crippen molar-refractivity contribution in [3.63, 3.8) is 0 Å². The fraction of sp³-hybridized carbons (Fsp3) is 0.500. The highest BCUT2D eigenvalue weighted by atomic mass is 32.7. The van der Waals surface area contributed by atoms with Crippen molar-refractivity contribution >= 4 is 52.9 Å². The van der Waals surface area contributed by atoms with Gasteiger partial charge in [-0.3, -0.25) is 9.65 Å². The van der Waals surface area contributed by atoms with Crippen LogP contribution < -0.4 is 10.4 Å². The van der Waals surface area contributed by atoms with Crippen molar-refractivity contribution in [2.24, 2.45) is 0 Å². The second kappa shape index (κ2) is 9.83. The lowest BCUT2D eigenvalue weighted by Gasteiger charge is -2.22. The normalized spacial score (nSPS) is 14.9. The van der Waals surface area contributed by atoms with Gasteiger partial charge in [0.1, 0.15) is 0 Å². The first-order chi connectivity index (χ1) is 10.4. The van der Waals surface area contributed by atoms with E-state index in [0.717, 1.165) is 17.0 Å². The van der Waals surface area contributed by atoms with Gasteiger partial charge in [-0.2, -0.15) is 0 Å². The Labute approximate surface area is 146 Å². The van der Waals surface area contributed by atoms with E-state index in [0.29, 0.717) is 11.7 Å². The van der Waals surface area contributed by atoms with E-state index < -0.39 is 6.72 Å². The van der Waals surface area contributed by atoms with Gasteiger partial charge in [0.2, 0.25) is 0 Å². The first-order valence-electron chi connectivity index (χ1n) is 7.09. The number of thiocarbonyl (C=S) groups is 1. The molecule has 2 unspecified atom stereocenters. The quantitative estimate of drug-likeness (QED) is 0.358. The minimum Gasteiger partial charge on any atom is -0.331 e. The van der Waals surface area contributed by atoms with Crippen molar-refractivity contribution in [2.45, 2.75) is 37.3 Å². The Hall–Kier alpha value is -0.200. The lowest BCUT2D eigenvalue weighted by atomic mass is 10.3. The molecule has 0 fully saturated rings. The van der Waals surface area contributed by atoms with Gasteiger partial charge in [0.15, 0.2) is 5.11 Å². The topological polar surface area (TPSA) is 50.4 Å². The average Bonchev–Trinajstić information content (AvgIpc) is 2.47. The molecular weight excluding hydrogens is 355 g/mol. The second-order valence-electron chi connectivity index (χ2n) is 4.51. The third-order valence-electron chi connectivity index (χ3n) is 2.79. The molecule has 0 bridgehead atoms. The second-order valence-corrected chi connectivity index (χ2v) is 10.3. The standard InChI is InChI=1S/C14H23N2O2PS3/c1-5-11(3)22-19(17,18-6-2)16-14(20)15-12-9-7-8-10-13(12)21-4/h7-11H,5-6H2,1-4H3,(H2,15,16,17,20). The summed E-state index contributed by atoms with van der Waals surface area (Å²) in [5, 5.41) is 6.51. The number of benzene rings is 1. The summed E-state index contributed by atoms with van der Waals surface area (Å²) in [6.45, 7) is 3.22. The van der Waals surface area contributed by atoms with Crippen LogP contribution in [0.15, 0.2) is 29.2 Å². The van der Waals surface area contributed by atoms with Crippen LogP contribution in [-0.2, 0) is 9.09 Å². The molecule has 0 radical (unpaired) electrons. The predicted octanol–water partition coefficient (Wildman–Crippen LogP) is 5.37. The molecule has 8 heteroatoms. The van der Waals surface area contributed by atoms with Gasteiger partial charge < -0.3 is 9.84 Å². The number of para-hydroxylation sites is 1. The fourth-order valence-corrected chi connectivity index (χ4v) is 7.04. The van der Waals surface area contributed by atoms with E-state index in [1.807, 2.05) is 44.4 Å². The highest BCUT2D eigenvalue weighted by molar-refractivity contribution is 8.56. The first kappa shape index (κ1) is 19.8. The van der Waals surface area contributed by atoms with E-state index >= 15 is 0 Å². The number of nitrogens with one attached hydrogen (secondary N) is 2. The third-order valence-corrected chi connectivity index (χ3v) is 8.51. The minimum absolute atomic E-state index is 0.228. The first-order valence-corrected chi connectivity index (χ1v) is 11.8. The Kier molecular flexibility index (Phi) is 8.87. The van der Waals surface area contributed by atoms with Gasteiger partial charge in [-0.1, -0.05) is 26.0 Å². The van der Waals surface area contributed by atoms with E-state index in [9.17, 15) is 4.57 Å². The largest absolute Gasteiger partial charge is 0.353 e. The molecule has 0 aliphatic heterocycles. The molecule has 0 heterocycles. The van der Waals surface area contributed by atoms with Gasteiger partial charge in [0.05, 0.1) is 12.3 Å². The van der Waals surface area contributed by atoms with Crippen LogP contribution in [0.1, 0.15) is 27.2 Å². The van der Waals surface area contributed by atoms with Crippen LogP contribution in [-0.4, -0.2) is 23.2 Å². The molecule has 4 nitrogen and oxygen atoms in total. The van der Waals surface area contributed by atoms with Gasteiger partial charge in [-0.15, -0.1) is 11.8 Å². The Balaban J connectivity index is 2.77. The highest BCUT2D eigenvalue weighted by Crippen LogP contribution is 2.58. The molecule has 0 saturated carbocycles. The molecule has 0 aromatic heterocycles. The number of hydrogen-bond acceptors (Lipinski definition) is 5. The molecule has 0 aliphatic carbocycles. The van der Waals surface area contributed by atoms with Crippen LogP contribution in [0, 0.1) is 0 Å². The highest BCUT2D eigenvalue weighted by Gasteiger charge is 2.27. The van der Waals surface area contributed by atoms with Crippen molar-refractivity contribution in [3.05, 3.63) is 24.3 Å². The molecule has 124 valence electrons. The summed E-state index contributed by atoms with van der Waals surface area (Å²) in [5.74, 6) is 0. The summed E-state index contributed by atoms with van der Waals surface area (Å²) in [4.78, 5) is 1.08. The molecule has 0 saturated heterocycles. The van der Waals surface area contributed by atoms with Crippen LogP contribution in [0.25, 0.3) is 0 Å². The van der Waals surface area contributed by atoms with Crippen molar-refractivity contribution in [3.8, 4) is 0 Å². The maximum absolute atomic E-state index is 12.8. The summed E-state index contributed by atoms with van der Waals surface area (Å²) in [7, 11) is 0. The van der Waals surface area contributed by atoms with E-state index in [1.54, 1.807) is 11.8 Å². The Morgan fingerprint density at radius 1 is 1.41 bits per heavy atom. The van der Waals surface area contributed by atoms with Crippen molar-refractivity contribution in [1.82, 2.24) is 5.09 Å². The average molecular weight is 379 g/mol. The molecule has 0 spiro atoms. The molecule has 0 aliphatic rings. The lowest BCUT2D eigenvalue weighted by Crippen LogP contribution is -2.26. The van der Waals surface area contributed by atoms with E-state index in [4.69, 9.17) is 16.7 Å². The van der Waals surface area contributed by atoms with E-state index in [2.05, 4.69) is 17.3 Å². The molecule has 22 heavy (non-hydrogen) atoms. The summed E-state index contributed by atoms with van der Waals surface area (Å²) >= 11 is 8.23. The smallest absolute Gasteiger partial charge is 0.331 e. The van der Waals surface area contributed by atoms with Gasteiger partial charge >= 0.3 is 6.72 Å². The fourth-order valence-electron chi connectivity index (χ4n) is 1.59. The Morgan fingerprint density at radius 3 is 2.68 bits per heavy atom. The lowest BCUT2D eigenvalue weighted by molar-refractivity contribution is 0.343. The Morgan fingerprint density at radius 2 is 2.09 bits per heavy atom. The maximum atomic E-state index is 12.8. The molecule has 1 rings (SSSR count). The summed E-state index contributed by atoms with van der Waals surface area (Å²) in [5.41, 5.74) is 0.893. The van der Waals surface area contributed by atoms with Crippen LogP contribution in [0.2, 0.25) is 0 Å². The maximum Gasteiger partial charge on any atom is 0.353 e. The monoisotopic (exact) mass is 378 g/mol. The van der Waals surface area contributed by atoms with Gasteiger partial charge in [-0.25, -0.2) is 0 Å². The summed E-state index contributed by atoms with van der Waals surface area (Å²) in [6.07, 6.45) is 2.92. The molecule has 0 amide bonds. The number of hydrogen-bond donors (Lipinski definition) is 2. The van der Waals surface area contributed by atoms with E-state index in [-0.39, 0.29) is 5.25 Å². The van der Waals surface area contributed by atoms with Crippen molar-refractivity contribution < 1.29 is 9.09 Å². The SMILES string of the molecule is CCOP(=O)(NC(=S)Nc1ccccc1SC)SC(C)CC. The van der Waals surface area contributed by atoms with Crippen molar-refractivity contribution in [1.29, 1.82) is 0 Å². The molecule has 1 aromatic rings. The number of thioether (sulfide) groups is 1. The number of anilines is 1. The number of rotatable bonds is 8. The van der Waals surface area contributed by atoms with Crippen LogP contribution >= 0.6 is 42.1 Å². The van der Waals surface area contributed by atoms with Crippen LogP contribution in [0.4, 0.5) is 5.69 Å². The van der Waals surface area contributed by atoms with Crippen molar-refractivity contribution in [2.75, 3.05) is 18.2 Å². The molecule has 2 atom stereocenters. The summed E-state index contributed by atoms with van der Waals surface area (Å²) in [6, 6.07) is 7.84. The molecule has 2 N–H and O–H groups in total. The Bertz CT molecular complexity index is 543. The van der Waals surface area contributed by atoms with Gasteiger partial charge in [0.25, 0.3) is 0 Å². The summed E-state index contributed by atoms with van der Waals surface area (Å²) < 4.78 is 18.3. The zero-order valence-corrected chi connectivity index (χ0v) is 16.6. The predicted molar refractivity (Wildman–Crippen MR) is 104 cm³/mol. The third kappa shape index (κ3) is 6.50. The van der Waals surface area contributed by atoms with Crippen LogP contribution in [0.5, 0.6) is 0 Å². The van der Waals surface area contributed by atoms with Gasteiger partial charge in [-0.05, 0) is 55.3 Å².